The molecule has 2 fully saturated rings. The van der Waals surface area contributed by atoms with Gasteiger partial charge in [-0.1, -0.05) is 18.2 Å². The second-order valence-corrected chi connectivity index (χ2v) is 6.70. The molecule has 2 heterocycles. The van der Waals surface area contributed by atoms with Crippen LogP contribution in [0, 0.1) is 5.92 Å². The van der Waals surface area contributed by atoms with E-state index in [1.807, 2.05) is 11.0 Å². The van der Waals surface area contributed by atoms with Crippen molar-refractivity contribution in [2.24, 2.45) is 11.7 Å². The van der Waals surface area contributed by atoms with Gasteiger partial charge in [-0.15, -0.1) is 12.4 Å². The number of amides is 1. The maximum absolute atomic E-state index is 12.9. The molecule has 1 aromatic rings. The zero-order chi connectivity index (χ0) is 14.4. The second-order valence-electron chi connectivity index (χ2n) is 6.70. The molecule has 1 saturated carbocycles. The number of rotatable bonds is 2. The summed E-state index contributed by atoms with van der Waals surface area (Å²) in [5.74, 6) is 0.354. The van der Waals surface area contributed by atoms with E-state index in [9.17, 15) is 4.79 Å². The molecule has 0 radical (unpaired) electrons. The van der Waals surface area contributed by atoms with Crippen LogP contribution in [-0.4, -0.2) is 31.7 Å². The molecule has 2 aliphatic heterocycles. The Kier molecular flexibility index (Phi) is 4.19. The highest BCUT2D eigenvalue weighted by molar-refractivity contribution is 6.00. The fraction of sp³-hybridized carbons (Fsp3) is 0.588. The van der Waals surface area contributed by atoms with Crippen molar-refractivity contribution in [3.8, 4) is 0 Å². The summed E-state index contributed by atoms with van der Waals surface area (Å²) in [5, 5.41) is 0. The molecule has 4 nitrogen and oxygen atoms in total. The predicted octanol–water partition coefficient (Wildman–Crippen LogP) is 2.24. The molecule has 1 aliphatic carbocycles. The maximum Gasteiger partial charge on any atom is 0.244 e. The molecule has 1 aromatic carbocycles. The zero-order valence-corrected chi connectivity index (χ0v) is 13.5. The number of hydrogen-bond acceptors (Lipinski definition) is 3. The minimum atomic E-state index is -0.393. The SMILES string of the molecule is Cl.NC(C(=O)N1CC2(CC2)c2ccccc21)C1CCOCC1. The Morgan fingerprint density at radius 1 is 1.27 bits per heavy atom. The van der Waals surface area contributed by atoms with Gasteiger partial charge in [-0.3, -0.25) is 4.79 Å². The van der Waals surface area contributed by atoms with E-state index in [1.165, 1.54) is 18.4 Å². The third kappa shape index (κ3) is 2.43. The molecule has 1 amide bonds. The molecule has 0 bridgehead atoms. The number of carbonyl (C=O) groups excluding carboxylic acids is 1. The number of nitrogens with two attached hydrogens (primary N) is 1. The number of ether oxygens (including phenoxy) is 1. The van der Waals surface area contributed by atoms with Gasteiger partial charge in [-0.05, 0) is 43.2 Å². The number of carbonyl (C=O) groups is 1. The first-order valence-corrected chi connectivity index (χ1v) is 7.95. The Hall–Kier alpha value is -1.10. The summed E-state index contributed by atoms with van der Waals surface area (Å²) in [4.78, 5) is 14.8. The molecular formula is C17H23ClN2O2. The van der Waals surface area contributed by atoms with Gasteiger partial charge in [0.25, 0.3) is 0 Å². The quantitative estimate of drug-likeness (QED) is 0.908. The molecule has 1 unspecified atom stereocenters. The van der Waals surface area contributed by atoms with Crippen LogP contribution < -0.4 is 10.6 Å². The first-order chi connectivity index (χ1) is 10.2. The second kappa shape index (κ2) is 5.84. The van der Waals surface area contributed by atoms with Gasteiger partial charge >= 0.3 is 0 Å². The number of para-hydroxylation sites is 1. The molecule has 22 heavy (non-hydrogen) atoms. The third-order valence-corrected chi connectivity index (χ3v) is 5.41. The van der Waals surface area contributed by atoms with Crippen LogP contribution >= 0.6 is 12.4 Å². The minimum Gasteiger partial charge on any atom is -0.381 e. The molecule has 2 N–H and O–H groups in total. The van der Waals surface area contributed by atoms with E-state index in [-0.39, 0.29) is 29.6 Å². The van der Waals surface area contributed by atoms with Gasteiger partial charge in [0.05, 0.1) is 6.04 Å². The van der Waals surface area contributed by atoms with Crippen LogP contribution in [0.15, 0.2) is 24.3 Å². The smallest absolute Gasteiger partial charge is 0.244 e. The minimum absolute atomic E-state index is 0. The van der Waals surface area contributed by atoms with E-state index in [4.69, 9.17) is 10.5 Å². The predicted molar refractivity (Wildman–Crippen MR) is 88.5 cm³/mol. The molecule has 1 saturated heterocycles. The summed E-state index contributed by atoms with van der Waals surface area (Å²) in [6.07, 6.45) is 4.18. The lowest BCUT2D eigenvalue weighted by Crippen LogP contribution is -2.49. The Morgan fingerprint density at radius 2 is 1.95 bits per heavy atom. The molecular weight excluding hydrogens is 300 g/mol. The van der Waals surface area contributed by atoms with Crippen LogP contribution in [0.25, 0.3) is 0 Å². The van der Waals surface area contributed by atoms with Crippen molar-refractivity contribution in [2.45, 2.75) is 37.1 Å². The standard InChI is InChI=1S/C17H22N2O2.ClH/c18-15(12-5-9-21-10-6-12)16(20)19-11-17(7-8-17)13-3-1-2-4-14(13)19;/h1-4,12,15H,5-11,18H2;1H. The fourth-order valence-corrected chi connectivity index (χ4v) is 3.86. The molecule has 120 valence electrons. The van der Waals surface area contributed by atoms with Gasteiger partial charge in [0.15, 0.2) is 0 Å². The van der Waals surface area contributed by atoms with E-state index in [1.54, 1.807) is 0 Å². The van der Waals surface area contributed by atoms with Crippen LogP contribution in [0.4, 0.5) is 5.69 Å². The van der Waals surface area contributed by atoms with Crippen molar-refractivity contribution in [1.29, 1.82) is 0 Å². The number of halogens is 1. The normalized spacial score (nSPS) is 23.8. The summed E-state index contributed by atoms with van der Waals surface area (Å²) < 4.78 is 5.37. The molecule has 1 spiro atoms. The van der Waals surface area contributed by atoms with E-state index >= 15 is 0 Å². The first kappa shape index (κ1) is 15.8. The number of anilines is 1. The highest BCUT2D eigenvalue weighted by Crippen LogP contribution is 2.56. The van der Waals surface area contributed by atoms with Crippen molar-refractivity contribution in [3.63, 3.8) is 0 Å². The van der Waals surface area contributed by atoms with Crippen LogP contribution in [0.1, 0.15) is 31.2 Å². The lowest BCUT2D eigenvalue weighted by molar-refractivity contribution is -0.121. The first-order valence-electron chi connectivity index (χ1n) is 7.95. The summed E-state index contributed by atoms with van der Waals surface area (Å²) in [6, 6.07) is 7.94. The summed E-state index contributed by atoms with van der Waals surface area (Å²) >= 11 is 0. The van der Waals surface area contributed by atoms with Crippen LogP contribution in [0.5, 0.6) is 0 Å². The summed E-state index contributed by atoms with van der Waals surface area (Å²) in [5.41, 5.74) is 8.96. The number of benzene rings is 1. The molecule has 3 aliphatic rings. The molecule has 0 aromatic heterocycles. The molecule has 1 atom stereocenters. The van der Waals surface area contributed by atoms with E-state index in [0.29, 0.717) is 0 Å². The van der Waals surface area contributed by atoms with Gasteiger partial charge in [0, 0.05) is 30.9 Å². The van der Waals surface area contributed by atoms with Gasteiger partial charge < -0.3 is 15.4 Å². The Morgan fingerprint density at radius 3 is 2.64 bits per heavy atom. The molecule has 5 heteroatoms. The van der Waals surface area contributed by atoms with Crippen LogP contribution in [-0.2, 0) is 14.9 Å². The van der Waals surface area contributed by atoms with E-state index in [2.05, 4.69) is 18.2 Å². The maximum atomic E-state index is 12.9. The average Bonchev–Trinajstić information content (AvgIpc) is 3.25. The van der Waals surface area contributed by atoms with Crippen LogP contribution in [0.3, 0.4) is 0 Å². The lowest BCUT2D eigenvalue weighted by Gasteiger charge is -2.30. The number of hydrogen-bond donors (Lipinski definition) is 1. The Labute approximate surface area is 137 Å². The van der Waals surface area contributed by atoms with Crippen molar-refractivity contribution in [2.75, 3.05) is 24.7 Å². The van der Waals surface area contributed by atoms with E-state index < -0.39 is 6.04 Å². The number of nitrogens with zero attached hydrogens (tertiary/aromatic N) is 1. The van der Waals surface area contributed by atoms with Crippen molar-refractivity contribution in [1.82, 2.24) is 0 Å². The summed E-state index contributed by atoms with van der Waals surface area (Å²) in [7, 11) is 0. The van der Waals surface area contributed by atoms with Crippen molar-refractivity contribution < 1.29 is 9.53 Å². The van der Waals surface area contributed by atoms with Gasteiger partial charge in [-0.25, -0.2) is 0 Å². The van der Waals surface area contributed by atoms with Gasteiger partial charge in [0.1, 0.15) is 0 Å². The summed E-state index contributed by atoms with van der Waals surface area (Å²) in [6.45, 7) is 2.28. The van der Waals surface area contributed by atoms with E-state index in [0.717, 1.165) is 38.3 Å². The van der Waals surface area contributed by atoms with Gasteiger partial charge in [-0.2, -0.15) is 0 Å². The Bertz CT molecular complexity index is 568. The highest BCUT2D eigenvalue weighted by Gasteiger charge is 2.53. The topological polar surface area (TPSA) is 55.6 Å². The highest BCUT2D eigenvalue weighted by atomic mass is 35.5. The average molecular weight is 323 g/mol. The Balaban J connectivity index is 0.00000144. The van der Waals surface area contributed by atoms with Gasteiger partial charge in [0.2, 0.25) is 5.91 Å². The number of fused-ring (bicyclic) bond motifs is 2. The third-order valence-electron chi connectivity index (χ3n) is 5.41. The van der Waals surface area contributed by atoms with Crippen molar-refractivity contribution in [3.05, 3.63) is 29.8 Å². The van der Waals surface area contributed by atoms with Crippen molar-refractivity contribution >= 4 is 24.0 Å². The zero-order valence-electron chi connectivity index (χ0n) is 12.7. The molecule has 4 rings (SSSR count). The lowest BCUT2D eigenvalue weighted by atomic mass is 9.91. The largest absolute Gasteiger partial charge is 0.381 e. The fourth-order valence-electron chi connectivity index (χ4n) is 3.86. The monoisotopic (exact) mass is 322 g/mol. The van der Waals surface area contributed by atoms with Crippen LogP contribution in [0.2, 0.25) is 0 Å².